The summed E-state index contributed by atoms with van der Waals surface area (Å²) in [6.07, 6.45) is 0. The number of hydrogen-bond acceptors (Lipinski definition) is 6. The Kier molecular flexibility index (Phi) is 4.79. The van der Waals surface area contributed by atoms with E-state index in [0.29, 0.717) is 0 Å². The summed E-state index contributed by atoms with van der Waals surface area (Å²) in [7, 11) is 5.92. The Bertz CT molecular complexity index is 551. The van der Waals surface area contributed by atoms with Gasteiger partial charge in [-0.2, -0.15) is 0 Å². The monoisotopic (exact) mass is 294 g/mol. The zero-order valence-electron chi connectivity index (χ0n) is 11.6. The summed E-state index contributed by atoms with van der Waals surface area (Å²) in [6.45, 7) is 3.04. The lowest BCUT2D eigenvalue weighted by Gasteiger charge is -2.06. The maximum absolute atomic E-state index is 4.20. The third-order valence-electron chi connectivity index (χ3n) is 2.66. The van der Waals surface area contributed by atoms with Gasteiger partial charge >= 0.3 is 0 Å². The molecule has 0 fully saturated rings. The SMILES string of the molecule is CNCc1ccc(Sc2nnc(N(C)C)s2)cc1C. The van der Waals surface area contributed by atoms with Crippen LogP contribution in [-0.4, -0.2) is 31.3 Å². The van der Waals surface area contributed by atoms with E-state index in [1.54, 1.807) is 23.1 Å². The maximum Gasteiger partial charge on any atom is 0.208 e. The molecular formula is C13H18N4S2. The Hall–Kier alpha value is -1.11. The number of anilines is 1. The highest BCUT2D eigenvalue weighted by molar-refractivity contribution is 8.01. The molecule has 0 aliphatic heterocycles. The van der Waals surface area contributed by atoms with E-state index in [2.05, 4.69) is 40.6 Å². The molecule has 0 saturated heterocycles. The number of nitrogens with zero attached hydrogens (tertiary/aromatic N) is 3. The normalized spacial score (nSPS) is 10.7. The van der Waals surface area contributed by atoms with Gasteiger partial charge in [-0.25, -0.2) is 0 Å². The van der Waals surface area contributed by atoms with E-state index in [0.717, 1.165) is 16.0 Å². The number of benzene rings is 1. The molecule has 0 spiro atoms. The van der Waals surface area contributed by atoms with Gasteiger partial charge in [0.2, 0.25) is 5.13 Å². The fourth-order valence-corrected chi connectivity index (χ4v) is 3.48. The Balaban J connectivity index is 2.12. The number of hydrogen-bond donors (Lipinski definition) is 1. The van der Waals surface area contributed by atoms with Gasteiger partial charge in [-0.1, -0.05) is 29.2 Å². The highest BCUT2D eigenvalue weighted by Gasteiger charge is 2.08. The second kappa shape index (κ2) is 6.36. The molecule has 0 saturated carbocycles. The highest BCUT2D eigenvalue weighted by Crippen LogP contribution is 2.33. The molecule has 2 aromatic rings. The lowest BCUT2D eigenvalue weighted by Crippen LogP contribution is -2.07. The number of nitrogens with one attached hydrogen (secondary N) is 1. The zero-order valence-corrected chi connectivity index (χ0v) is 13.2. The molecule has 0 bridgehead atoms. The van der Waals surface area contributed by atoms with Crippen LogP contribution < -0.4 is 10.2 Å². The average molecular weight is 294 g/mol. The first-order chi connectivity index (χ1) is 9.10. The van der Waals surface area contributed by atoms with E-state index in [-0.39, 0.29) is 0 Å². The molecule has 4 nitrogen and oxygen atoms in total. The van der Waals surface area contributed by atoms with E-state index in [1.807, 2.05) is 26.0 Å². The van der Waals surface area contributed by atoms with E-state index in [1.165, 1.54) is 16.0 Å². The third-order valence-corrected chi connectivity index (χ3v) is 4.80. The van der Waals surface area contributed by atoms with Crippen LogP contribution in [0, 0.1) is 6.92 Å². The van der Waals surface area contributed by atoms with Gasteiger partial charge in [0.05, 0.1) is 0 Å². The van der Waals surface area contributed by atoms with Crippen molar-refractivity contribution in [3.63, 3.8) is 0 Å². The number of aromatic nitrogens is 2. The van der Waals surface area contributed by atoms with Crippen molar-refractivity contribution < 1.29 is 0 Å². The highest BCUT2D eigenvalue weighted by atomic mass is 32.2. The molecule has 0 aliphatic carbocycles. The largest absolute Gasteiger partial charge is 0.353 e. The molecule has 102 valence electrons. The first-order valence-electron chi connectivity index (χ1n) is 6.03. The van der Waals surface area contributed by atoms with E-state index < -0.39 is 0 Å². The van der Waals surface area contributed by atoms with Gasteiger partial charge in [0.25, 0.3) is 0 Å². The fraction of sp³-hybridized carbons (Fsp3) is 0.385. The van der Waals surface area contributed by atoms with Gasteiger partial charge in [0.1, 0.15) is 0 Å². The van der Waals surface area contributed by atoms with Crippen molar-refractivity contribution in [3.8, 4) is 0 Å². The predicted octanol–water partition coefficient (Wildman–Crippen LogP) is 2.78. The molecule has 0 atom stereocenters. The van der Waals surface area contributed by atoms with Gasteiger partial charge in [-0.15, -0.1) is 10.2 Å². The smallest absolute Gasteiger partial charge is 0.208 e. The van der Waals surface area contributed by atoms with Crippen LogP contribution in [-0.2, 0) is 6.54 Å². The average Bonchev–Trinajstić information content (AvgIpc) is 2.81. The van der Waals surface area contributed by atoms with Crippen molar-refractivity contribution in [2.24, 2.45) is 0 Å². The Morgan fingerprint density at radius 1 is 1.32 bits per heavy atom. The summed E-state index contributed by atoms with van der Waals surface area (Å²) in [6, 6.07) is 6.51. The van der Waals surface area contributed by atoms with Crippen LogP contribution in [0.2, 0.25) is 0 Å². The van der Waals surface area contributed by atoms with Gasteiger partial charge in [0, 0.05) is 25.5 Å². The summed E-state index contributed by atoms with van der Waals surface area (Å²) in [5.74, 6) is 0. The molecule has 0 radical (unpaired) electrons. The van der Waals surface area contributed by atoms with E-state index >= 15 is 0 Å². The van der Waals surface area contributed by atoms with Gasteiger partial charge in [-0.3, -0.25) is 0 Å². The molecule has 1 heterocycles. The Morgan fingerprint density at radius 3 is 2.68 bits per heavy atom. The molecule has 19 heavy (non-hydrogen) atoms. The van der Waals surface area contributed by atoms with Crippen molar-refractivity contribution in [1.82, 2.24) is 15.5 Å². The summed E-state index contributed by atoms with van der Waals surface area (Å²) in [5.41, 5.74) is 2.63. The van der Waals surface area contributed by atoms with Crippen LogP contribution in [0.4, 0.5) is 5.13 Å². The van der Waals surface area contributed by atoms with E-state index in [4.69, 9.17) is 0 Å². The van der Waals surface area contributed by atoms with Crippen LogP contribution >= 0.6 is 23.1 Å². The van der Waals surface area contributed by atoms with Gasteiger partial charge < -0.3 is 10.2 Å². The van der Waals surface area contributed by atoms with Gasteiger partial charge in [-0.05, 0) is 37.2 Å². The molecule has 0 unspecified atom stereocenters. The molecule has 2 rings (SSSR count). The second-order valence-corrected chi connectivity index (χ2v) is 6.74. The molecule has 1 aromatic carbocycles. The van der Waals surface area contributed by atoms with Crippen molar-refractivity contribution >= 4 is 28.2 Å². The molecule has 1 N–H and O–H groups in total. The van der Waals surface area contributed by atoms with Crippen LogP contribution in [0.5, 0.6) is 0 Å². The maximum atomic E-state index is 4.20. The summed E-state index contributed by atoms with van der Waals surface area (Å²) < 4.78 is 0.976. The molecular weight excluding hydrogens is 276 g/mol. The van der Waals surface area contributed by atoms with Crippen LogP contribution in [0.3, 0.4) is 0 Å². The topological polar surface area (TPSA) is 41.1 Å². The van der Waals surface area contributed by atoms with Crippen molar-refractivity contribution in [2.75, 3.05) is 26.0 Å². The Labute approximate surface area is 122 Å². The van der Waals surface area contributed by atoms with Crippen molar-refractivity contribution in [2.45, 2.75) is 22.7 Å². The standard InChI is InChI=1S/C13H18N4S2/c1-9-7-11(6-5-10(9)8-14-2)18-13-16-15-12(19-13)17(3)4/h5-7,14H,8H2,1-4H3. The molecule has 6 heteroatoms. The molecule has 0 amide bonds. The predicted molar refractivity (Wildman–Crippen MR) is 82.3 cm³/mol. The first-order valence-corrected chi connectivity index (χ1v) is 7.66. The molecule has 0 aliphatic rings. The van der Waals surface area contributed by atoms with Crippen molar-refractivity contribution in [3.05, 3.63) is 29.3 Å². The quantitative estimate of drug-likeness (QED) is 0.918. The lowest BCUT2D eigenvalue weighted by atomic mass is 10.1. The van der Waals surface area contributed by atoms with Crippen molar-refractivity contribution in [1.29, 1.82) is 0 Å². The molecule has 1 aromatic heterocycles. The minimum atomic E-state index is 0.903. The zero-order chi connectivity index (χ0) is 13.8. The summed E-state index contributed by atoms with van der Waals surface area (Å²) in [4.78, 5) is 3.18. The van der Waals surface area contributed by atoms with Gasteiger partial charge in [0.15, 0.2) is 4.34 Å². The first kappa shape index (κ1) is 14.3. The minimum absolute atomic E-state index is 0.903. The van der Waals surface area contributed by atoms with Crippen LogP contribution in [0.1, 0.15) is 11.1 Å². The second-order valence-electron chi connectivity index (χ2n) is 4.47. The summed E-state index contributed by atoms with van der Waals surface area (Å²) >= 11 is 3.28. The van der Waals surface area contributed by atoms with Crippen LogP contribution in [0.25, 0.3) is 0 Å². The van der Waals surface area contributed by atoms with E-state index in [9.17, 15) is 0 Å². The number of aryl methyl sites for hydroxylation is 1. The summed E-state index contributed by atoms with van der Waals surface area (Å²) in [5, 5.41) is 12.5. The third kappa shape index (κ3) is 3.68. The van der Waals surface area contributed by atoms with Crippen LogP contribution in [0.15, 0.2) is 27.4 Å². The lowest BCUT2D eigenvalue weighted by molar-refractivity contribution is 0.811. The number of rotatable bonds is 5. The minimum Gasteiger partial charge on any atom is -0.353 e. The fourth-order valence-electron chi connectivity index (χ4n) is 1.65. The Morgan fingerprint density at radius 2 is 2.11 bits per heavy atom.